The normalized spacial score (nSPS) is 12.2. The van der Waals surface area contributed by atoms with Crippen LogP contribution in [0.15, 0.2) is 29.1 Å². The predicted molar refractivity (Wildman–Crippen MR) is 114 cm³/mol. The Hall–Kier alpha value is -2.76. The lowest BCUT2D eigenvalue weighted by Gasteiger charge is -2.13. The van der Waals surface area contributed by atoms with E-state index in [1.165, 1.54) is 0 Å². The zero-order valence-corrected chi connectivity index (χ0v) is 17.2. The molecule has 0 aliphatic heterocycles. The molecule has 0 saturated carbocycles. The van der Waals surface area contributed by atoms with Crippen molar-refractivity contribution in [2.45, 2.75) is 54.1 Å². The van der Waals surface area contributed by atoms with E-state index in [4.69, 9.17) is 15.0 Å². The van der Waals surface area contributed by atoms with Crippen LogP contribution in [0, 0.1) is 18.8 Å². The van der Waals surface area contributed by atoms with Crippen molar-refractivity contribution in [1.29, 1.82) is 0 Å². The van der Waals surface area contributed by atoms with Crippen molar-refractivity contribution < 1.29 is 0 Å². The van der Waals surface area contributed by atoms with E-state index in [1.54, 1.807) is 4.57 Å². The minimum absolute atomic E-state index is 0.0194. The molecule has 6 heteroatoms. The highest BCUT2D eigenvalue weighted by Gasteiger charge is 2.21. The van der Waals surface area contributed by atoms with Crippen LogP contribution in [0.5, 0.6) is 0 Å². The van der Waals surface area contributed by atoms with Crippen molar-refractivity contribution in [3.8, 4) is 0 Å². The van der Waals surface area contributed by atoms with Gasteiger partial charge in [0.2, 0.25) is 0 Å². The summed E-state index contributed by atoms with van der Waals surface area (Å²) in [5.74, 6) is 1.64. The van der Waals surface area contributed by atoms with Crippen molar-refractivity contribution in [1.82, 2.24) is 24.1 Å². The molecule has 0 bridgehead atoms. The van der Waals surface area contributed by atoms with Crippen LogP contribution in [0.4, 0.5) is 0 Å². The molecule has 146 valence electrons. The molecule has 0 saturated heterocycles. The first-order chi connectivity index (χ1) is 13.4. The standard InChI is InChI=1S/C22H27N5O/c1-13(2)10-11-26-20-18(22(28)27(12-14(3)4)15(5)23-20)19-21(26)25-17-9-7-6-8-16(17)24-19/h6-9,13-14H,10-12H2,1-5H3. The summed E-state index contributed by atoms with van der Waals surface area (Å²) in [6, 6.07) is 7.80. The average Bonchev–Trinajstić information content (AvgIpc) is 2.93. The van der Waals surface area contributed by atoms with Gasteiger partial charge in [-0.15, -0.1) is 0 Å². The van der Waals surface area contributed by atoms with Gasteiger partial charge in [0.05, 0.1) is 11.0 Å². The number of rotatable bonds is 5. The topological polar surface area (TPSA) is 65.6 Å². The summed E-state index contributed by atoms with van der Waals surface area (Å²) >= 11 is 0. The highest BCUT2D eigenvalue weighted by molar-refractivity contribution is 6.04. The Morgan fingerprint density at radius 3 is 2.21 bits per heavy atom. The monoisotopic (exact) mass is 377 g/mol. The third-order valence-corrected chi connectivity index (χ3v) is 5.12. The lowest BCUT2D eigenvalue weighted by molar-refractivity contribution is 0.496. The van der Waals surface area contributed by atoms with E-state index in [9.17, 15) is 4.79 Å². The fourth-order valence-corrected chi connectivity index (χ4v) is 3.68. The molecule has 0 unspecified atom stereocenters. The highest BCUT2D eigenvalue weighted by atomic mass is 16.1. The number of hydrogen-bond acceptors (Lipinski definition) is 4. The Bertz CT molecular complexity index is 1230. The summed E-state index contributed by atoms with van der Waals surface area (Å²) < 4.78 is 3.86. The third-order valence-electron chi connectivity index (χ3n) is 5.12. The molecule has 0 aliphatic rings. The third kappa shape index (κ3) is 3.07. The van der Waals surface area contributed by atoms with Crippen LogP contribution in [-0.4, -0.2) is 24.1 Å². The van der Waals surface area contributed by atoms with Gasteiger partial charge in [0.15, 0.2) is 11.3 Å². The Balaban J connectivity index is 2.11. The Morgan fingerprint density at radius 1 is 0.893 bits per heavy atom. The van der Waals surface area contributed by atoms with Crippen LogP contribution in [0.25, 0.3) is 33.2 Å². The second kappa shape index (κ2) is 7.00. The van der Waals surface area contributed by atoms with Crippen LogP contribution in [0.1, 0.15) is 39.9 Å². The maximum absolute atomic E-state index is 13.4. The zero-order valence-electron chi connectivity index (χ0n) is 17.2. The molecule has 3 aromatic heterocycles. The van der Waals surface area contributed by atoms with Crippen molar-refractivity contribution in [2.75, 3.05) is 0 Å². The van der Waals surface area contributed by atoms with Gasteiger partial charge in [-0.2, -0.15) is 0 Å². The quantitative estimate of drug-likeness (QED) is 0.520. The molecule has 0 amide bonds. The summed E-state index contributed by atoms with van der Waals surface area (Å²) in [6.07, 6.45) is 0.989. The van der Waals surface area contributed by atoms with Crippen LogP contribution >= 0.6 is 0 Å². The number of aryl methyl sites for hydroxylation is 2. The second-order valence-corrected chi connectivity index (χ2v) is 8.39. The molecular weight excluding hydrogens is 350 g/mol. The number of hydrogen-bond donors (Lipinski definition) is 0. The summed E-state index contributed by atoms with van der Waals surface area (Å²) in [6.45, 7) is 11.9. The number of fused-ring (bicyclic) bond motifs is 4. The van der Waals surface area contributed by atoms with Gasteiger partial charge in [0, 0.05) is 13.1 Å². The Kier molecular flexibility index (Phi) is 4.65. The van der Waals surface area contributed by atoms with E-state index < -0.39 is 0 Å². The maximum atomic E-state index is 13.4. The molecule has 1 aromatic carbocycles. The smallest absolute Gasteiger partial charge is 0.265 e. The molecular formula is C22H27N5O. The van der Waals surface area contributed by atoms with Crippen LogP contribution in [-0.2, 0) is 13.1 Å². The number of aromatic nitrogens is 5. The highest BCUT2D eigenvalue weighted by Crippen LogP contribution is 2.26. The molecule has 0 N–H and O–H groups in total. The van der Waals surface area contributed by atoms with E-state index in [-0.39, 0.29) is 5.56 Å². The maximum Gasteiger partial charge on any atom is 0.265 e. The fraction of sp³-hybridized carbons (Fsp3) is 0.455. The van der Waals surface area contributed by atoms with E-state index in [1.807, 2.05) is 31.2 Å². The molecule has 4 rings (SSSR count). The van der Waals surface area contributed by atoms with E-state index in [0.717, 1.165) is 35.5 Å². The van der Waals surface area contributed by atoms with Gasteiger partial charge in [-0.1, -0.05) is 39.8 Å². The molecule has 0 aliphatic carbocycles. The minimum Gasteiger partial charge on any atom is -0.308 e. The van der Waals surface area contributed by atoms with E-state index >= 15 is 0 Å². The number of nitrogens with zero attached hydrogens (tertiary/aromatic N) is 5. The number of para-hydroxylation sites is 2. The van der Waals surface area contributed by atoms with Gasteiger partial charge in [0.25, 0.3) is 5.56 Å². The molecule has 4 aromatic rings. The zero-order chi connectivity index (χ0) is 20.0. The lowest BCUT2D eigenvalue weighted by Crippen LogP contribution is -2.26. The van der Waals surface area contributed by atoms with Gasteiger partial charge in [-0.25, -0.2) is 15.0 Å². The second-order valence-electron chi connectivity index (χ2n) is 8.39. The first-order valence-electron chi connectivity index (χ1n) is 10.0. The van der Waals surface area contributed by atoms with Crippen LogP contribution in [0.3, 0.4) is 0 Å². The fourth-order valence-electron chi connectivity index (χ4n) is 3.68. The molecule has 0 spiro atoms. The molecule has 6 nitrogen and oxygen atoms in total. The first-order valence-corrected chi connectivity index (χ1v) is 10.0. The summed E-state index contributed by atoms with van der Waals surface area (Å²) in [4.78, 5) is 28.0. The van der Waals surface area contributed by atoms with Gasteiger partial charge in [0.1, 0.15) is 16.7 Å². The van der Waals surface area contributed by atoms with Crippen molar-refractivity contribution in [3.63, 3.8) is 0 Å². The van der Waals surface area contributed by atoms with Crippen molar-refractivity contribution in [2.24, 2.45) is 11.8 Å². The summed E-state index contributed by atoms with van der Waals surface area (Å²) in [5.41, 5.74) is 3.73. The minimum atomic E-state index is -0.0194. The van der Waals surface area contributed by atoms with Crippen LogP contribution < -0.4 is 5.56 Å². The van der Waals surface area contributed by atoms with E-state index in [2.05, 4.69) is 32.3 Å². The Morgan fingerprint density at radius 2 is 1.57 bits per heavy atom. The molecule has 3 heterocycles. The van der Waals surface area contributed by atoms with Crippen molar-refractivity contribution in [3.05, 3.63) is 40.4 Å². The SMILES string of the molecule is Cc1nc2c(c(=O)n1CC(C)C)c1nc3ccccc3nc1n2CCC(C)C. The van der Waals surface area contributed by atoms with Gasteiger partial charge in [-0.3, -0.25) is 9.36 Å². The first kappa shape index (κ1) is 18.6. The Labute approximate surface area is 164 Å². The molecule has 0 radical (unpaired) electrons. The average molecular weight is 377 g/mol. The van der Waals surface area contributed by atoms with Crippen LogP contribution in [0.2, 0.25) is 0 Å². The molecule has 0 atom stereocenters. The van der Waals surface area contributed by atoms with Gasteiger partial charge in [-0.05, 0) is 37.3 Å². The summed E-state index contributed by atoms with van der Waals surface area (Å²) in [5, 5.41) is 0.586. The predicted octanol–water partition coefficient (Wildman–Crippen LogP) is 4.30. The van der Waals surface area contributed by atoms with E-state index in [0.29, 0.717) is 34.9 Å². The molecule has 28 heavy (non-hydrogen) atoms. The lowest BCUT2D eigenvalue weighted by atomic mass is 10.1. The van der Waals surface area contributed by atoms with Gasteiger partial charge < -0.3 is 4.57 Å². The summed E-state index contributed by atoms with van der Waals surface area (Å²) in [7, 11) is 0. The number of benzene rings is 1. The van der Waals surface area contributed by atoms with Crippen molar-refractivity contribution >= 4 is 33.2 Å². The van der Waals surface area contributed by atoms with Gasteiger partial charge >= 0.3 is 0 Å². The largest absolute Gasteiger partial charge is 0.308 e. The molecule has 0 fully saturated rings.